The van der Waals surface area contributed by atoms with Crippen molar-refractivity contribution < 1.29 is 18.7 Å². The Bertz CT molecular complexity index is 527. The maximum atomic E-state index is 12.8. The van der Waals surface area contributed by atoms with E-state index in [1.54, 1.807) is 20.8 Å². The van der Waals surface area contributed by atoms with Gasteiger partial charge in [-0.25, -0.2) is 9.18 Å². The maximum absolute atomic E-state index is 12.8. The van der Waals surface area contributed by atoms with E-state index >= 15 is 0 Å². The zero-order valence-corrected chi connectivity index (χ0v) is 12.0. The number of anilines is 1. The Balaban J connectivity index is 3.02. The van der Waals surface area contributed by atoms with Gasteiger partial charge in [0.15, 0.2) is 5.78 Å². The van der Waals surface area contributed by atoms with Gasteiger partial charge in [-0.2, -0.15) is 0 Å². The fraction of sp³-hybridized carbons (Fsp3) is 0.333. The Hall–Kier alpha value is -2.17. The molecule has 0 aliphatic carbocycles. The third kappa shape index (κ3) is 4.50. The van der Waals surface area contributed by atoms with E-state index in [0.29, 0.717) is 5.69 Å². The summed E-state index contributed by atoms with van der Waals surface area (Å²) < 4.78 is 17.5. The molecule has 0 aliphatic heterocycles. The summed E-state index contributed by atoms with van der Waals surface area (Å²) in [4.78, 5) is 23.6. The molecule has 0 aromatic heterocycles. The number of methoxy groups -OCH3 is 1. The molecule has 0 fully saturated rings. The van der Waals surface area contributed by atoms with Gasteiger partial charge in [0.05, 0.1) is 7.11 Å². The molecule has 1 aromatic carbocycles. The minimum Gasteiger partial charge on any atom is -0.464 e. The molecule has 108 valence electrons. The molecule has 1 aromatic rings. The Morgan fingerprint density at radius 1 is 1.20 bits per heavy atom. The van der Waals surface area contributed by atoms with Crippen molar-refractivity contribution in [1.29, 1.82) is 0 Å². The standard InChI is InChI=1S/C15H18FNO3/c1-15(2,3)13(18)9-12(14(19)20-4)17-11-7-5-10(16)6-8-11/h5-9,17H,1-4H3/b12-9-. The first kappa shape index (κ1) is 15.9. The van der Waals surface area contributed by atoms with E-state index in [0.717, 1.165) is 0 Å². The molecule has 0 saturated heterocycles. The molecule has 0 bridgehead atoms. The first-order valence-corrected chi connectivity index (χ1v) is 6.11. The van der Waals surface area contributed by atoms with Crippen LogP contribution in [0.2, 0.25) is 0 Å². The van der Waals surface area contributed by atoms with Crippen LogP contribution in [-0.4, -0.2) is 18.9 Å². The maximum Gasteiger partial charge on any atom is 0.354 e. The highest BCUT2D eigenvalue weighted by atomic mass is 19.1. The first-order valence-electron chi connectivity index (χ1n) is 6.11. The molecule has 4 nitrogen and oxygen atoms in total. The molecular weight excluding hydrogens is 261 g/mol. The monoisotopic (exact) mass is 279 g/mol. The summed E-state index contributed by atoms with van der Waals surface area (Å²) in [6.45, 7) is 5.25. The molecule has 1 N–H and O–H groups in total. The number of esters is 1. The van der Waals surface area contributed by atoms with Crippen LogP contribution in [0.15, 0.2) is 36.0 Å². The lowest BCUT2D eigenvalue weighted by molar-refractivity contribution is -0.136. The Morgan fingerprint density at radius 2 is 1.75 bits per heavy atom. The second kappa shape index (κ2) is 6.32. The lowest BCUT2D eigenvalue weighted by Gasteiger charge is -2.15. The molecule has 0 spiro atoms. The van der Waals surface area contributed by atoms with Crippen LogP contribution < -0.4 is 5.32 Å². The summed E-state index contributed by atoms with van der Waals surface area (Å²) in [6.07, 6.45) is 1.20. The smallest absolute Gasteiger partial charge is 0.354 e. The normalized spacial score (nSPS) is 11.9. The van der Waals surface area contributed by atoms with Crippen molar-refractivity contribution >= 4 is 17.4 Å². The molecule has 5 heteroatoms. The first-order chi connectivity index (χ1) is 9.24. The Kier molecular flexibility index (Phi) is 5.02. The number of ether oxygens (including phenoxy) is 1. The van der Waals surface area contributed by atoms with Crippen LogP contribution in [0, 0.1) is 11.2 Å². The Morgan fingerprint density at radius 3 is 2.20 bits per heavy atom. The third-order valence-electron chi connectivity index (χ3n) is 2.54. The second-order valence-electron chi connectivity index (χ2n) is 5.30. The average molecular weight is 279 g/mol. The summed E-state index contributed by atoms with van der Waals surface area (Å²) in [5.41, 5.74) is -0.104. The number of benzene rings is 1. The Labute approximate surface area is 117 Å². The summed E-state index contributed by atoms with van der Waals surface area (Å²) in [7, 11) is 1.23. The zero-order valence-electron chi connectivity index (χ0n) is 12.0. The minimum atomic E-state index is -0.660. The van der Waals surface area contributed by atoms with E-state index in [1.807, 2.05) is 0 Å². The number of rotatable bonds is 4. The van der Waals surface area contributed by atoms with Crippen molar-refractivity contribution in [2.24, 2.45) is 5.41 Å². The molecule has 0 radical (unpaired) electrons. The number of allylic oxidation sites excluding steroid dienone is 1. The highest BCUT2D eigenvalue weighted by Crippen LogP contribution is 2.18. The van der Waals surface area contributed by atoms with Crippen molar-refractivity contribution in [1.82, 2.24) is 0 Å². The third-order valence-corrected chi connectivity index (χ3v) is 2.54. The molecule has 1 rings (SSSR count). The topological polar surface area (TPSA) is 55.4 Å². The highest BCUT2D eigenvalue weighted by Gasteiger charge is 2.22. The van der Waals surface area contributed by atoms with Crippen LogP contribution in [-0.2, 0) is 14.3 Å². The minimum absolute atomic E-state index is 0.0130. The van der Waals surface area contributed by atoms with E-state index in [1.165, 1.54) is 37.5 Å². The van der Waals surface area contributed by atoms with Crippen molar-refractivity contribution in [3.05, 3.63) is 41.9 Å². The zero-order chi connectivity index (χ0) is 15.3. The SMILES string of the molecule is COC(=O)/C(=C/C(=O)C(C)(C)C)Nc1ccc(F)cc1. The molecule has 0 atom stereocenters. The van der Waals surface area contributed by atoms with Gasteiger partial charge >= 0.3 is 5.97 Å². The predicted molar refractivity (Wildman–Crippen MR) is 74.6 cm³/mol. The van der Waals surface area contributed by atoms with Gasteiger partial charge in [0.1, 0.15) is 11.5 Å². The molecule has 0 saturated carbocycles. The van der Waals surface area contributed by atoms with E-state index < -0.39 is 11.4 Å². The average Bonchev–Trinajstić information content (AvgIpc) is 2.38. The predicted octanol–water partition coefficient (Wildman–Crippen LogP) is 2.91. The number of hydrogen-bond acceptors (Lipinski definition) is 4. The lowest BCUT2D eigenvalue weighted by Crippen LogP contribution is -2.22. The van der Waals surface area contributed by atoms with Gasteiger partial charge in [0.25, 0.3) is 0 Å². The van der Waals surface area contributed by atoms with Gasteiger partial charge in [-0.3, -0.25) is 4.79 Å². The molecular formula is C15H18FNO3. The quantitative estimate of drug-likeness (QED) is 0.680. The van der Waals surface area contributed by atoms with Crippen LogP contribution in [0.25, 0.3) is 0 Å². The van der Waals surface area contributed by atoms with Gasteiger partial charge in [-0.15, -0.1) is 0 Å². The van der Waals surface area contributed by atoms with Crippen molar-refractivity contribution in [3.8, 4) is 0 Å². The van der Waals surface area contributed by atoms with Gasteiger partial charge in [-0.1, -0.05) is 20.8 Å². The van der Waals surface area contributed by atoms with E-state index in [2.05, 4.69) is 10.1 Å². The van der Waals surface area contributed by atoms with Crippen molar-refractivity contribution in [3.63, 3.8) is 0 Å². The van der Waals surface area contributed by atoms with Crippen molar-refractivity contribution in [2.75, 3.05) is 12.4 Å². The molecule has 0 amide bonds. The summed E-state index contributed by atoms with van der Waals surface area (Å²) in [6, 6.07) is 5.44. The number of hydrogen-bond donors (Lipinski definition) is 1. The van der Waals surface area contributed by atoms with E-state index in [4.69, 9.17) is 0 Å². The molecule has 0 heterocycles. The van der Waals surface area contributed by atoms with Crippen molar-refractivity contribution in [2.45, 2.75) is 20.8 Å². The van der Waals surface area contributed by atoms with Crippen LogP contribution in [0.3, 0.4) is 0 Å². The number of ketones is 1. The summed E-state index contributed by atoms with van der Waals surface area (Å²) >= 11 is 0. The summed E-state index contributed by atoms with van der Waals surface area (Å²) in [5, 5.41) is 2.76. The number of carbonyl (C=O) groups is 2. The molecule has 0 unspecified atom stereocenters. The van der Waals surface area contributed by atoms with Gasteiger partial charge in [-0.05, 0) is 24.3 Å². The fourth-order valence-corrected chi connectivity index (χ4v) is 1.29. The van der Waals surface area contributed by atoms with E-state index in [-0.39, 0.29) is 17.3 Å². The van der Waals surface area contributed by atoms with Crippen LogP contribution in [0.4, 0.5) is 10.1 Å². The van der Waals surface area contributed by atoms with E-state index in [9.17, 15) is 14.0 Å². The highest BCUT2D eigenvalue weighted by molar-refractivity contribution is 6.03. The van der Waals surface area contributed by atoms with Crippen LogP contribution in [0.5, 0.6) is 0 Å². The number of halogens is 1. The molecule has 0 aliphatic rings. The van der Waals surface area contributed by atoms with Crippen LogP contribution in [0.1, 0.15) is 20.8 Å². The number of carbonyl (C=O) groups excluding carboxylic acids is 2. The lowest BCUT2D eigenvalue weighted by atomic mass is 9.90. The second-order valence-corrected chi connectivity index (χ2v) is 5.30. The molecule has 20 heavy (non-hydrogen) atoms. The fourth-order valence-electron chi connectivity index (χ4n) is 1.29. The van der Waals surface area contributed by atoms with Gasteiger partial charge in [0.2, 0.25) is 0 Å². The van der Waals surface area contributed by atoms with Crippen LogP contribution >= 0.6 is 0 Å². The largest absolute Gasteiger partial charge is 0.464 e. The summed E-state index contributed by atoms with van der Waals surface area (Å²) in [5.74, 6) is -1.26. The van der Waals surface area contributed by atoms with Gasteiger partial charge < -0.3 is 10.1 Å². The number of nitrogens with one attached hydrogen (secondary N) is 1. The van der Waals surface area contributed by atoms with Gasteiger partial charge in [0, 0.05) is 17.2 Å².